The van der Waals surface area contributed by atoms with Crippen LogP contribution in [0, 0.1) is 5.41 Å². The molecular formula is C14H18Cl2N2S. The molecule has 0 fully saturated rings. The van der Waals surface area contributed by atoms with Gasteiger partial charge in [-0.15, -0.1) is 12.4 Å². The number of nitrogens with zero attached hydrogens (tertiary/aromatic N) is 1. The zero-order valence-corrected chi connectivity index (χ0v) is 13.6. The van der Waals surface area contributed by atoms with Crippen LogP contribution in [0.4, 0.5) is 0 Å². The molecule has 1 heterocycles. The Labute approximate surface area is 129 Å². The van der Waals surface area contributed by atoms with E-state index in [2.05, 4.69) is 31.8 Å². The number of hydrogen-bond acceptors (Lipinski definition) is 3. The third-order valence-electron chi connectivity index (χ3n) is 2.69. The van der Waals surface area contributed by atoms with Crippen LogP contribution in [-0.4, -0.2) is 11.2 Å². The van der Waals surface area contributed by atoms with Crippen LogP contribution < -0.4 is 5.73 Å². The van der Waals surface area contributed by atoms with Gasteiger partial charge in [0, 0.05) is 26.6 Å². The number of hydrogen-bond donors (Lipinski definition) is 1. The Morgan fingerprint density at radius 2 is 1.89 bits per heavy atom. The number of nitrogens with two attached hydrogens (primary N) is 1. The van der Waals surface area contributed by atoms with Crippen LogP contribution in [0.2, 0.25) is 5.02 Å². The van der Waals surface area contributed by atoms with Crippen molar-refractivity contribution >= 4 is 46.4 Å². The first-order chi connectivity index (χ1) is 8.38. The van der Waals surface area contributed by atoms with Crippen molar-refractivity contribution in [2.24, 2.45) is 16.1 Å². The van der Waals surface area contributed by atoms with E-state index in [0.717, 1.165) is 21.2 Å². The van der Waals surface area contributed by atoms with Crippen molar-refractivity contribution < 1.29 is 0 Å². The van der Waals surface area contributed by atoms with Crippen LogP contribution in [0.15, 0.2) is 35.3 Å². The normalized spacial score (nSPS) is 19.3. The fourth-order valence-electron chi connectivity index (χ4n) is 1.70. The standard InChI is InChI=1S/C14H17ClN2S.ClH/c1-14(2,3)12-8-11(18-13(16)17-12)9-6-4-5-7-10(9)15;/h4-8,13H,16H2,1-3H3;1H. The van der Waals surface area contributed by atoms with Crippen LogP contribution in [0.3, 0.4) is 0 Å². The lowest BCUT2D eigenvalue weighted by Crippen LogP contribution is -2.26. The number of benzene rings is 1. The van der Waals surface area contributed by atoms with Gasteiger partial charge in [0.25, 0.3) is 0 Å². The lowest BCUT2D eigenvalue weighted by Gasteiger charge is -2.26. The monoisotopic (exact) mass is 316 g/mol. The molecule has 0 amide bonds. The predicted molar refractivity (Wildman–Crippen MR) is 89.1 cm³/mol. The molecule has 1 unspecified atom stereocenters. The zero-order chi connectivity index (χ0) is 13.3. The predicted octanol–water partition coefficient (Wildman–Crippen LogP) is 4.58. The SMILES string of the molecule is CC(C)(C)C1=NC(N)SC(c2ccccc2Cl)=C1.Cl. The minimum Gasteiger partial charge on any atom is -0.301 e. The summed E-state index contributed by atoms with van der Waals surface area (Å²) in [6.45, 7) is 6.40. The lowest BCUT2D eigenvalue weighted by atomic mass is 9.89. The molecule has 0 saturated carbocycles. The summed E-state index contributed by atoms with van der Waals surface area (Å²) in [7, 11) is 0. The Balaban J connectivity index is 0.00000180. The molecule has 0 aromatic heterocycles. The fourth-order valence-corrected chi connectivity index (χ4v) is 2.91. The van der Waals surface area contributed by atoms with Crippen LogP contribution in [-0.2, 0) is 0 Å². The summed E-state index contributed by atoms with van der Waals surface area (Å²) in [5.74, 6) is 0. The molecule has 1 aromatic carbocycles. The minimum atomic E-state index is -0.254. The minimum absolute atomic E-state index is 0. The molecule has 0 aliphatic carbocycles. The van der Waals surface area contributed by atoms with Gasteiger partial charge in [-0.05, 0) is 12.1 Å². The maximum Gasteiger partial charge on any atom is 0.149 e. The van der Waals surface area contributed by atoms with E-state index in [1.54, 1.807) is 11.8 Å². The van der Waals surface area contributed by atoms with Crippen molar-refractivity contribution in [1.29, 1.82) is 0 Å². The molecule has 2 nitrogen and oxygen atoms in total. The number of allylic oxidation sites excluding steroid dienone is 1. The maximum atomic E-state index is 6.23. The van der Waals surface area contributed by atoms with Gasteiger partial charge >= 0.3 is 0 Å². The highest BCUT2D eigenvalue weighted by molar-refractivity contribution is 8.08. The zero-order valence-electron chi connectivity index (χ0n) is 11.2. The van der Waals surface area contributed by atoms with Gasteiger partial charge in [-0.3, -0.25) is 4.99 Å². The summed E-state index contributed by atoms with van der Waals surface area (Å²) in [5, 5.41) is 0.749. The van der Waals surface area contributed by atoms with Crippen molar-refractivity contribution in [2.75, 3.05) is 0 Å². The molecule has 0 radical (unpaired) electrons. The highest BCUT2D eigenvalue weighted by Gasteiger charge is 2.24. The molecular weight excluding hydrogens is 299 g/mol. The van der Waals surface area contributed by atoms with Gasteiger partial charge in [-0.2, -0.15) is 0 Å². The molecule has 0 bridgehead atoms. The van der Waals surface area contributed by atoms with E-state index in [1.165, 1.54) is 0 Å². The van der Waals surface area contributed by atoms with E-state index >= 15 is 0 Å². The number of aliphatic imine (C=N–C) groups is 1. The van der Waals surface area contributed by atoms with Crippen LogP contribution in [0.1, 0.15) is 26.3 Å². The molecule has 2 rings (SSSR count). The lowest BCUT2D eigenvalue weighted by molar-refractivity contribution is 0.590. The highest BCUT2D eigenvalue weighted by Crippen LogP contribution is 2.38. The fraction of sp³-hybridized carbons (Fsp3) is 0.357. The molecule has 19 heavy (non-hydrogen) atoms. The molecule has 0 spiro atoms. The van der Waals surface area contributed by atoms with Gasteiger partial charge in [0.2, 0.25) is 0 Å². The van der Waals surface area contributed by atoms with Gasteiger partial charge in [0.15, 0.2) is 0 Å². The van der Waals surface area contributed by atoms with Crippen molar-refractivity contribution in [2.45, 2.75) is 26.3 Å². The van der Waals surface area contributed by atoms with Gasteiger partial charge in [-0.1, -0.05) is 62.3 Å². The van der Waals surface area contributed by atoms with Crippen LogP contribution in [0.5, 0.6) is 0 Å². The molecule has 1 aliphatic heterocycles. The molecule has 1 aromatic rings. The topological polar surface area (TPSA) is 38.4 Å². The number of halogens is 2. The summed E-state index contributed by atoms with van der Waals surface area (Å²) in [4.78, 5) is 5.59. The average Bonchev–Trinajstić information content (AvgIpc) is 2.27. The smallest absolute Gasteiger partial charge is 0.149 e. The van der Waals surface area contributed by atoms with Gasteiger partial charge in [0.1, 0.15) is 5.50 Å². The molecule has 1 aliphatic rings. The Bertz CT molecular complexity index is 518. The van der Waals surface area contributed by atoms with E-state index < -0.39 is 0 Å². The third-order valence-corrected chi connectivity index (χ3v) is 3.96. The Morgan fingerprint density at radius 3 is 2.47 bits per heavy atom. The summed E-state index contributed by atoms with van der Waals surface area (Å²) >= 11 is 7.77. The second-order valence-corrected chi connectivity index (χ2v) is 6.83. The Kier molecular flexibility index (Phi) is 5.51. The van der Waals surface area contributed by atoms with E-state index in [-0.39, 0.29) is 23.3 Å². The Morgan fingerprint density at radius 1 is 1.26 bits per heavy atom. The van der Waals surface area contributed by atoms with Gasteiger partial charge in [-0.25, -0.2) is 0 Å². The first kappa shape index (κ1) is 16.6. The molecule has 2 N–H and O–H groups in total. The highest BCUT2D eigenvalue weighted by atomic mass is 35.5. The summed E-state index contributed by atoms with van der Waals surface area (Å²) in [6, 6.07) is 7.82. The maximum absolute atomic E-state index is 6.23. The van der Waals surface area contributed by atoms with Crippen molar-refractivity contribution in [1.82, 2.24) is 0 Å². The largest absolute Gasteiger partial charge is 0.301 e. The quantitative estimate of drug-likeness (QED) is 0.823. The van der Waals surface area contributed by atoms with E-state index in [9.17, 15) is 0 Å². The van der Waals surface area contributed by atoms with Gasteiger partial charge < -0.3 is 5.73 Å². The first-order valence-corrected chi connectivity index (χ1v) is 7.11. The average molecular weight is 317 g/mol. The van der Waals surface area contributed by atoms with Crippen LogP contribution >= 0.6 is 35.8 Å². The van der Waals surface area contributed by atoms with Crippen molar-refractivity contribution in [3.63, 3.8) is 0 Å². The van der Waals surface area contributed by atoms with E-state index in [4.69, 9.17) is 17.3 Å². The Hall–Kier alpha value is -0.480. The third kappa shape index (κ3) is 3.99. The molecule has 5 heteroatoms. The van der Waals surface area contributed by atoms with E-state index in [0.29, 0.717) is 0 Å². The number of thioether (sulfide) groups is 1. The van der Waals surface area contributed by atoms with Crippen molar-refractivity contribution in [3.05, 3.63) is 40.9 Å². The van der Waals surface area contributed by atoms with E-state index in [1.807, 2.05) is 24.3 Å². The summed E-state index contributed by atoms with van der Waals surface area (Å²) in [6.07, 6.45) is 2.09. The van der Waals surface area contributed by atoms with Crippen molar-refractivity contribution in [3.8, 4) is 0 Å². The number of rotatable bonds is 1. The molecule has 1 atom stereocenters. The second kappa shape index (κ2) is 6.31. The summed E-state index contributed by atoms with van der Waals surface area (Å²) in [5.41, 5.74) is 7.77. The summed E-state index contributed by atoms with van der Waals surface area (Å²) < 4.78 is 0. The second-order valence-electron chi connectivity index (χ2n) is 5.26. The molecule has 0 saturated heterocycles. The van der Waals surface area contributed by atoms with Gasteiger partial charge in [0.05, 0.1) is 0 Å². The molecule has 104 valence electrons. The first-order valence-electron chi connectivity index (χ1n) is 5.85. The van der Waals surface area contributed by atoms with Crippen LogP contribution in [0.25, 0.3) is 4.91 Å².